The van der Waals surface area contributed by atoms with Crippen molar-refractivity contribution < 1.29 is 9.59 Å². The summed E-state index contributed by atoms with van der Waals surface area (Å²) in [4.78, 5) is 29.1. The summed E-state index contributed by atoms with van der Waals surface area (Å²) in [6.07, 6.45) is 3.53. The summed E-state index contributed by atoms with van der Waals surface area (Å²) >= 11 is 2.72. The fourth-order valence-corrected chi connectivity index (χ4v) is 3.73. The molecule has 0 aliphatic rings. The van der Waals surface area contributed by atoms with Gasteiger partial charge in [0.05, 0.1) is 17.0 Å². The largest absolute Gasteiger partial charge is 0.353 e. The van der Waals surface area contributed by atoms with Gasteiger partial charge in [-0.15, -0.1) is 22.7 Å². The Bertz CT molecular complexity index is 680. The molecule has 2 aromatic heterocycles. The van der Waals surface area contributed by atoms with Crippen molar-refractivity contribution in [2.45, 2.75) is 52.5 Å². The van der Waals surface area contributed by atoms with Gasteiger partial charge in [0.2, 0.25) is 5.91 Å². The Balaban J connectivity index is 1.76. The van der Waals surface area contributed by atoms with Crippen LogP contribution in [0.3, 0.4) is 0 Å². The molecule has 0 bridgehead atoms. The van der Waals surface area contributed by atoms with Gasteiger partial charge in [0.15, 0.2) is 5.13 Å². The number of hydrogen-bond acceptors (Lipinski definition) is 5. The Morgan fingerprint density at radius 1 is 1.20 bits per heavy atom. The van der Waals surface area contributed by atoms with Gasteiger partial charge in [-0.05, 0) is 30.7 Å². The molecule has 2 heterocycles. The van der Waals surface area contributed by atoms with Crippen molar-refractivity contribution in [1.29, 1.82) is 0 Å². The second-order valence-electron chi connectivity index (χ2n) is 6.55. The molecular weight excluding hydrogens is 354 g/mol. The van der Waals surface area contributed by atoms with Crippen LogP contribution in [0.1, 0.15) is 55.4 Å². The van der Waals surface area contributed by atoms with Crippen LogP contribution in [-0.2, 0) is 11.2 Å². The van der Waals surface area contributed by atoms with Crippen LogP contribution in [-0.4, -0.2) is 22.8 Å². The maximum absolute atomic E-state index is 12.1. The SMILES string of the molecule is CC(C)CCCC(C)NC(=O)Cc1csc(NC(=O)c2cccs2)n1. The molecule has 2 aromatic rings. The van der Waals surface area contributed by atoms with Gasteiger partial charge in [0.25, 0.3) is 5.91 Å². The highest BCUT2D eigenvalue weighted by molar-refractivity contribution is 7.14. The molecule has 1 unspecified atom stereocenters. The summed E-state index contributed by atoms with van der Waals surface area (Å²) in [5.41, 5.74) is 0.679. The third-order valence-corrected chi connectivity index (χ3v) is 5.36. The number of amides is 2. The molecule has 0 aromatic carbocycles. The van der Waals surface area contributed by atoms with Crippen LogP contribution in [0.5, 0.6) is 0 Å². The van der Waals surface area contributed by atoms with Gasteiger partial charge in [-0.25, -0.2) is 4.98 Å². The Hall–Kier alpha value is -1.73. The van der Waals surface area contributed by atoms with Gasteiger partial charge in [-0.1, -0.05) is 32.8 Å². The van der Waals surface area contributed by atoms with Crippen LogP contribution in [0.15, 0.2) is 22.9 Å². The van der Waals surface area contributed by atoms with E-state index in [0.29, 0.717) is 21.6 Å². The summed E-state index contributed by atoms with van der Waals surface area (Å²) in [5.74, 6) is 0.498. The third-order valence-electron chi connectivity index (χ3n) is 3.68. The predicted octanol–water partition coefficient (Wildman–Crippen LogP) is 4.33. The molecule has 0 aliphatic heterocycles. The molecule has 136 valence electrons. The van der Waals surface area contributed by atoms with Crippen molar-refractivity contribution in [3.8, 4) is 0 Å². The maximum atomic E-state index is 12.1. The number of nitrogens with one attached hydrogen (secondary N) is 2. The molecule has 5 nitrogen and oxygen atoms in total. The van der Waals surface area contributed by atoms with Crippen molar-refractivity contribution >= 4 is 39.6 Å². The number of hydrogen-bond donors (Lipinski definition) is 2. The second kappa shape index (κ2) is 9.68. The first-order valence-corrected chi connectivity index (χ1v) is 10.3. The quantitative estimate of drug-likeness (QED) is 0.681. The van der Waals surface area contributed by atoms with E-state index in [1.165, 1.54) is 29.1 Å². The highest BCUT2D eigenvalue weighted by Gasteiger charge is 2.13. The molecule has 1 atom stereocenters. The predicted molar refractivity (Wildman–Crippen MR) is 104 cm³/mol. The van der Waals surface area contributed by atoms with Crippen LogP contribution in [0, 0.1) is 5.92 Å². The van der Waals surface area contributed by atoms with Gasteiger partial charge < -0.3 is 5.32 Å². The number of thiophene rings is 1. The van der Waals surface area contributed by atoms with E-state index >= 15 is 0 Å². The highest BCUT2D eigenvalue weighted by Crippen LogP contribution is 2.18. The summed E-state index contributed by atoms with van der Waals surface area (Å²) in [6, 6.07) is 3.77. The number of rotatable bonds is 9. The molecule has 2 N–H and O–H groups in total. The van der Waals surface area contributed by atoms with E-state index in [1.54, 1.807) is 6.07 Å². The first kappa shape index (κ1) is 19.6. The summed E-state index contributed by atoms with van der Waals surface area (Å²) in [5, 5.41) is 9.97. The molecule has 0 radical (unpaired) electrons. The number of thiazole rings is 1. The Labute approximate surface area is 156 Å². The number of carbonyl (C=O) groups excluding carboxylic acids is 2. The average molecular weight is 380 g/mol. The number of nitrogens with zero attached hydrogens (tertiary/aromatic N) is 1. The average Bonchev–Trinajstić information content (AvgIpc) is 3.18. The van der Waals surface area contributed by atoms with Gasteiger partial charge in [-0.3, -0.25) is 14.9 Å². The van der Waals surface area contributed by atoms with Crippen molar-refractivity contribution in [3.05, 3.63) is 33.5 Å². The van der Waals surface area contributed by atoms with E-state index in [-0.39, 0.29) is 24.3 Å². The Kier molecular flexibility index (Phi) is 7.58. The minimum Gasteiger partial charge on any atom is -0.353 e. The van der Waals surface area contributed by atoms with Crippen LogP contribution in [0.2, 0.25) is 0 Å². The lowest BCUT2D eigenvalue weighted by Crippen LogP contribution is -2.33. The lowest BCUT2D eigenvalue weighted by Gasteiger charge is -2.14. The molecule has 25 heavy (non-hydrogen) atoms. The van der Waals surface area contributed by atoms with E-state index in [0.717, 1.165) is 12.8 Å². The Morgan fingerprint density at radius 2 is 2.00 bits per heavy atom. The first-order chi connectivity index (χ1) is 11.9. The van der Waals surface area contributed by atoms with Crippen molar-refractivity contribution in [2.24, 2.45) is 5.92 Å². The zero-order valence-corrected chi connectivity index (χ0v) is 16.5. The summed E-state index contributed by atoms with van der Waals surface area (Å²) < 4.78 is 0. The van der Waals surface area contributed by atoms with Crippen molar-refractivity contribution in [3.63, 3.8) is 0 Å². The fourth-order valence-electron chi connectivity index (χ4n) is 2.41. The molecule has 0 spiro atoms. The normalized spacial score (nSPS) is 12.2. The van der Waals surface area contributed by atoms with E-state index in [1.807, 2.05) is 23.8 Å². The van der Waals surface area contributed by atoms with Crippen LogP contribution in [0.4, 0.5) is 5.13 Å². The lowest BCUT2D eigenvalue weighted by atomic mass is 10.0. The molecule has 7 heteroatoms. The van der Waals surface area contributed by atoms with Gasteiger partial charge in [0, 0.05) is 11.4 Å². The molecule has 2 rings (SSSR count). The third kappa shape index (κ3) is 6.96. The van der Waals surface area contributed by atoms with E-state index in [2.05, 4.69) is 29.5 Å². The molecule has 0 saturated heterocycles. The van der Waals surface area contributed by atoms with E-state index in [9.17, 15) is 9.59 Å². The monoisotopic (exact) mass is 379 g/mol. The Morgan fingerprint density at radius 3 is 2.68 bits per heavy atom. The minimum atomic E-state index is -0.167. The number of aromatic nitrogens is 1. The zero-order valence-electron chi connectivity index (χ0n) is 14.9. The standard InChI is InChI=1S/C18H25N3O2S2/c1-12(2)6-4-7-13(3)19-16(22)10-14-11-25-18(20-14)21-17(23)15-8-5-9-24-15/h5,8-9,11-13H,4,6-7,10H2,1-3H3,(H,19,22)(H,20,21,23). The molecular formula is C18H25N3O2S2. The minimum absolute atomic E-state index is 0.0292. The van der Waals surface area contributed by atoms with Gasteiger partial charge in [-0.2, -0.15) is 0 Å². The van der Waals surface area contributed by atoms with Gasteiger partial charge >= 0.3 is 0 Å². The molecule has 0 saturated carbocycles. The van der Waals surface area contributed by atoms with Crippen LogP contribution < -0.4 is 10.6 Å². The van der Waals surface area contributed by atoms with E-state index in [4.69, 9.17) is 0 Å². The zero-order chi connectivity index (χ0) is 18.2. The highest BCUT2D eigenvalue weighted by atomic mass is 32.1. The van der Waals surface area contributed by atoms with Crippen molar-refractivity contribution in [1.82, 2.24) is 10.3 Å². The molecule has 0 fully saturated rings. The first-order valence-electron chi connectivity index (χ1n) is 8.52. The number of carbonyl (C=O) groups is 2. The smallest absolute Gasteiger partial charge is 0.267 e. The molecule has 0 aliphatic carbocycles. The van der Waals surface area contributed by atoms with Crippen LogP contribution >= 0.6 is 22.7 Å². The second-order valence-corrected chi connectivity index (χ2v) is 8.35. The van der Waals surface area contributed by atoms with Gasteiger partial charge in [0.1, 0.15) is 0 Å². The topological polar surface area (TPSA) is 71.1 Å². The van der Waals surface area contributed by atoms with Crippen LogP contribution in [0.25, 0.3) is 0 Å². The summed E-state index contributed by atoms with van der Waals surface area (Å²) in [6.45, 7) is 6.45. The lowest BCUT2D eigenvalue weighted by molar-refractivity contribution is -0.121. The fraction of sp³-hybridized carbons (Fsp3) is 0.500. The number of anilines is 1. The van der Waals surface area contributed by atoms with E-state index < -0.39 is 0 Å². The van der Waals surface area contributed by atoms with Crippen molar-refractivity contribution in [2.75, 3.05) is 5.32 Å². The maximum Gasteiger partial charge on any atom is 0.267 e. The summed E-state index contributed by atoms with van der Waals surface area (Å²) in [7, 11) is 0. The molecule has 2 amide bonds.